The van der Waals surface area contributed by atoms with Crippen molar-refractivity contribution in [2.75, 3.05) is 40.0 Å². The van der Waals surface area contributed by atoms with Gasteiger partial charge in [-0.3, -0.25) is 0 Å². The first-order valence-corrected chi connectivity index (χ1v) is 7.64. The van der Waals surface area contributed by atoms with Crippen LogP contribution in [0, 0.1) is 12.8 Å². The number of hydrogen-bond acceptors (Lipinski definition) is 3. The Morgan fingerprint density at radius 2 is 2.10 bits per heavy atom. The molecule has 0 aliphatic heterocycles. The van der Waals surface area contributed by atoms with Gasteiger partial charge in [-0.15, -0.1) is 0 Å². The topological polar surface area (TPSA) is 30.5 Å². The fourth-order valence-electron chi connectivity index (χ4n) is 2.42. The summed E-state index contributed by atoms with van der Waals surface area (Å²) in [4.78, 5) is 0. The minimum Gasteiger partial charge on any atom is -0.383 e. The maximum absolute atomic E-state index is 5.91. The lowest BCUT2D eigenvalue weighted by atomic mass is 9.95. The molecule has 1 atom stereocenters. The van der Waals surface area contributed by atoms with Crippen molar-refractivity contribution < 1.29 is 9.47 Å². The molecule has 0 saturated heterocycles. The standard InChI is InChI=1S/C17H27NO2/c1-14-5-3-4-6-17(14)16(11-18-9-10-19-2)13-20-12-15-7-8-15/h3-6,15-16,18H,7-13H2,1-2H3. The van der Waals surface area contributed by atoms with Crippen LogP contribution in [0.4, 0.5) is 0 Å². The van der Waals surface area contributed by atoms with Crippen LogP contribution >= 0.6 is 0 Å². The van der Waals surface area contributed by atoms with Gasteiger partial charge in [0.25, 0.3) is 0 Å². The molecule has 3 nitrogen and oxygen atoms in total. The highest BCUT2D eigenvalue weighted by Gasteiger charge is 2.22. The summed E-state index contributed by atoms with van der Waals surface area (Å²) >= 11 is 0. The van der Waals surface area contributed by atoms with Gasteiger partial charge in [-0.2, -0.15) is 0 Å². The molecule has 1 aromatic rings. The average molecular weight is 277 g/mol. The predicted octanol–water partition coefficient (Wildman–Crippen LogP) is 2.74. The van der Waals surface area contributed by atoms with Crippen molar-refractivity contribution in [3.8, 4) is 0 Å². The Hall–Kier alpha value is -0.900. The zero-order chi connectivity index (χ0) is 14.2. The largest absolute Gasteiger partial charge is 0.383 e. The van der Waals surface area contributed by atoms with Crippen LogP contribution in [-0.4, -0.2) is 40.0 Å². The minimum absolute atomic E-state index is 0.423. The quantitative estimate of drug-likeness (QED) is 0.667. The normalized spacial score (nSPS) is 16.3. The van der Waals surface area contributed by atoms with Crippen LogP contribution in [0.3, 0.4) is 0 Å². The smallest absolute Gasteiger partial charge is 0.0587 e. The fraction of sp³-hybridized carbons (Fsp3) is 0.647. The zero-order valence-corrected chi connectivity index (χ0v) is 12.7. The molecule has 2 rings (SSSR count). The van der Waals surface area contributed by atoms with Gasteiger partial charge >= 0.3 is 0 Å². The number of methoxy groups -OCH3 is 1. The molecule has 20 heavy (non-hydrogen) atoms. The van der Waals surface area contributed by atoms with E-state index in [0.717, 1.165) is 38.8 Å². The van der Waals surface area contributed by atoms with Crippen molar-refractivity contribution >= 4 is 0 Å². The van der Waals surface area contributed by atoms with Crippen LogP contribution in [0.1, 0.15) is 29.9 Å². The Morgan fingerprint density at radius 3 is 2.80 bits per heavy atom. The summed E-state index contributed by atoms with van der Waals surface area (Å²) in [5.41, 5.74) is 2.74. The third-order valence-corrected chi connectivity index (χ3v) is 3.87. The summed E-state index contributed by atoms with van der Waals surface area (Å²) in [5.74, 6) is 1.25. The van der Waals surface area contributed by atoms with Gasteiger partial charge in [-0.05, 0) is 36.8 Å². The third-order valence-electron chi connectivity index (χ3n) is 3.87. The lowest BCUT2D eigenvalue weighted by Gasteiger charge is -2.20. The number of hydrogen-bond donors (Lipinski definition) is 1. The van der Waals surface area contributed by atoms with Crippen molar-refractivity contribution in [2.24, 2.45) is 5.92 Å². The minimum atomic E-state index is 0.423. The Balaban J connectivity index is 1.85. The second-order valence-corrected chi connectivity index (χ2v) is 5.73. The van der Waals surface area contributed by atoms with Gasteiger partial charge in [0.1, 0.15) is 0 Å². The van der Waals surface area contributed by atoms with Crippen molar-refractivity contribution in [3.05, 3.63) is 35.4 Å². The molecule has 1 aromatic carbocycles. The number of ether oxygens (including phenoxy) is 2. The van der Waals surface area contributed by atoms with E-state index in [1.165, 1.54) is 24.0 Å². The van der Waals surface area contributed by atoms with Gasteiger partial charge in [0, 0.05) is 32.7 Å². The highest BCUT2D eigenvalue weighted by molar-refractivity contribution is 5.29. The highest BCUT2D eigenvalue weighted by atomic mass is 16.5. The molecule has 0 spiro atoms. The summed E-state index contributed by atoms with van der Waals surface area (Å²) < 4.78 is 11.0. The maximum Gasteiger partial charge on any atom is 0.0587 e. The van der Waals surface area contributed by atoms with Gasteiger partial charge in [0.2, 0.25) is 0 Å². The van der Waals surface area contributed by atoms with Crippen molar-refractivity contribution in [3.63, 3.8) is 0 Å². The molecule has 1 aliphatic carbocycles. The third kappa shape index (κ3) is 5.23. The van der Waals surface area contributed by atoms with Gasteiger partial charge < -0.3 is 14.8 Å². The first-order valence-electron chi connectivity index (χ1n) is 7.64. The van der Waals surface area contributed by atoms with Crippen LogP contribution in [0.5, 0.6) is 0 Å². The molecule has 1 N–H and O–H groups in total. The molecule has 1 fully saturated rings. The monoisotopic (exact) mass is 277 g/mol. The summed E-state index contributed by atoms with van der Waals surface area (Å²) in [6.07, 6.45) is 2.70. The van der Waals surface area contributed by atoms with Gasteiger partial charge in [-0.25, -0.2) is 0 Å². The maximum atomic E-state index is 5.91. The summed E-state index contributed by atoms with van der Waals surface area (Å²) in [7, 11) is 1.74. The second kappa shape index (κ2) is 8.40. The molecule has 0 aromatic heterocycles. The average Bonchev–Trinajstić information content (AvgIpc) is 3.26. The first kappa shape index (κ1) is 15.5. The van der Waals surface area contributed by atoms with E-state index >= 15 is 0 Å². The number of aryl methyl sites for hydroxylation is 1. The molecule has 0 amide bonds. The van der Waals surface area contributed by atoms with E-state index in [1.807, 2.05) is 0 Å². The molecule has 3 heteroatoms. The molecular formula is C17H27NO2. The molecule has 0 heterocycles. The van der Waals surface area contributed by atoms with E-state index in [9.17, 15) is 0 Å². The first-order chi connectivity index (χ1) is 9.81. The summed E-state index contributed by atoms with van der Waals surface area (Å²) in [5, 5.41) is 3.46. The van der Waals surface area contributed by atoms with Crippen LogP contribution in [-0.2, 0) is 9.47 Å². The predicted molar refractivity (Wildman–Crippen MR) is 82.2 cm³/mol. The Bertz CT molecular complexity index is 390. The van der Waals surface area contributed by atoms with Crippen LogP contribution in [0.25, 0.3) is 0 Å². The van der Waals surface area contributed by atoms with Crippen molar-refractivity contribution in [1.82, 2.24) is 5.32 Å². The van der Waals surface area contributed by atoms with Gasteiger partial charge in [-0.1, -0.05) is 24.3 Å². The SMILES string of the molecule is COCCNCC(COCC1CC1)c1ccccc1C. The number of rotatable bonds is 10. The van der Waals surface area contributed by atoms with Crippen LogP contribution < -0.4 is 5.32 Å². The second-order valence-electron chi connectivity index (χ2n) is 5.73. The molecule has 1 aliphatic rings. The lowest BCUT2D eigenvalue weighted by Crippen LogP contribution is -2.28. The Kier molecular flexibility index (Phi) is 6.51. The Labute approximate surface area is 122 Å². The van der Waals surface area contributed by atoms with Gasteiger partial charge in [0.05, 0.1) is 13.2 Å². The fourth-order valence-corrected chi connectivity index (χ4v) is 2.42. The zero-order valence-electron chi connectivity index (χ0n) is 12.7. The van der Waals surface area contributed by atoms with Gasteiger partial charge in [0.15, 0.2) is 0 Å². The summed E-state index contributed by atoms with van der Waals surface area (Å²) in [6.45, 7) is 6.50. The lowest BCUT2D eigenvalue weighted by molar-refractivity contribution is 0.109. The molecular weight excluding hydrogens is 250 g/mol. The molecule has 0 bridgehead atoms. The van der Waals surface area contributed by atoms with Crippen molar-refractivity contribution in [2.45, 2.75) is 25.7 Å². The van der Waals surface area contributed by atoms with E-state index < -0.39 is 0 Å². The molecule has 112 valence electrons. The van der Waals surface area contributed by atoms with E-state index in [2.05, 4.69) is 36.5 Å². The molecule has 1 unspecified atom stereocenters. The van der Waals surface area contributed by atoms with Crippen molar-refractivity contribution in [1.29, 1.82) is 0 Å². The van der Waals surface area contributed by atoms with E-state index in [1.54, 1.807) is 7.11 Å². The summed E-state index contributed by atoms with van der Waals surface area (Å²) in [6, 6.07) is 8.61. The van der Waals surface area contributed by atoms with E-state index in [0.29, 0.717) is 5.92 Å². The van der Waals surface area contributed by atoms with E-state index in [-0.39, 0.29) is 0 Å². The Morgan fingerprint density at radius 1 is 1.30 bits per heavy atom. The van der Waals surface area contributed by atoms with Crippen LogP contribution in [0.2, 0.25) is 0 Å². The van der Waals surface area contributed by atoms with E-state index in [4.69, 9.17) is 9.47 Å². The molecule has 1 saturated carbocycles. The molecule has 0 radical (unpaired) electrons. The number of benzene rings is 1. The highest BCUT2D eigenvalue weighted by Crippen LogP contribution is 2.29. The van der Waals surface area contributed by atoms with Crippen LogP contribution in [0.15, 0.2) is 24.3 Å². The number of nitrogens with one attached hydrogen (secondary N) is 1.